The van der Waals surface area contributed by atoms with E-state index in [0.717, 1.165) is 41.1 Å². The van der Waals surface area contributed by atoms with Crippen molar-refractivity contribution < 1.29 is 32.3 Å². The third kappa shape index (κ3) is 10.6. The summed E-state index contributed by atoms with van der Waals surface area (Å²) in [7, 11) is -3.94. The predicted octanol–water partition coefficient (Wildman–Crippen LogP) is 9.72. The van der Waals surface area contributed by atoms with Crippen LogP contribution in [-0.2, 0) is 21.2 Å². The number of ketones is 1. The third-order valence-corrected chi connectivity index (χ3v) is 12.1. The molecule has 0 saturated carbocycles. The zero-order valence-electron chi connectivity index (χ0n) is 31.3. The zero-order chi connectivity index (χ0) is 40.2. The molecule has 57 heavy (non-hydrogen) atoms. The number of carbonyl (C=O) groups excluding carboxylic acids is 3. The van der Waals surface area contributed by atoms with Gasteiger partial charge in [-0.1, -0.05) is 99.2 Å². The summed E-state index contributed by atoms with van der Waals surface area (Å²) in [5.74, 6) is -1.26. The van der Waals surface area contributed by atoms with Gasteiger partial charge >= 0.3 is 0 Å². The van der Waals surface area contributed by atoms with Gasteiger partial charge in [0.1, 0.15) is 23.8 Å². The Kier molecular flexibility index (Phi) is 14.1. The van der Waals surface area contributed by atoms with Crippen LogP contribution in [0.2, 0.25) is 5.02 Å². The molecule has 13 heteroatoms. The van der Waals surface area contributed by atoms with Crippen molar-refractivity contribution in [2.45, 2.75) is 68.0 Å². The van der Waals surface area contributed by atoms with Gasteiger partial charge in [-0.05, 0) is 96.3 Å². The summed E-state index contributed by atoms with van der Waals surface area (Å²) < 4.78 is 43.9. The molecule has 5 aromatic carbocycles. The number of benzene rings is 5. The average molecular weight is 824 g/mol. The lowest BCUT2D eigenvalue weighted by Gasteiger charge is -2.18. The molecule has 2 amide bonds. The SMILES string of the molecule is CCCCCCCCNC(=O)c1ccc(NC(=O)C(Oc2ccc(S(=O)(=O)c3ccc(OCc4ccccc4)cc3)cc2)C(=O)c2nsc3ccccc23)c(Cl)c1. The lowest BCUT2D eigenvalue weighted by Crippen LogP contribution is -2.40. The molecular weight excluding hydrogens is 782 g/mol. The van der Waals surface area contributed by atoms with E-state index in [2.05, 4.69) is 21.9 Å². The number of ether oxygens (including phenoxy) is 2. The van der Waals surface area contributed by atoms with Crippen LogP contribution in [0.15, 0.2) is 131 Å². The highest BCUT2D eigenvalue weighted by atomic mass is 35.5. The second-order valence-electron chi connectivity index (χ2n) is 13.3. The number of amides is 2. The van der Waals surface area contributed by atoms with Crippen molar-refractivity contribution in [3.8, 4) is 11.5 Å². The van der Waals surface area contributed by atoms with E-state index in [1.807, 2.05) is 42.5 Å². The van der Waals surface area contributed by atoms with E-state index < -0.39 is 27.6 Å². The van der Waals surface area contributed by atoms with Crippen LogP contribution in [0.4, 0.5) is 5.69 Å². The second-order valence-corrected chi connectivity index (χ2v) is 16.5. The van der Waals surface area contributed by atoms with Crippen molar-refractivity contribution in [1.82, 2.24) is 9.69 Å². The fourth-order valence-corrected chi connectivity index (χ4v) is 8.27. The number of rotatable bonds is 19. The Morgan fingerprint density at radius 1 is 0.772 bits per heavy atom. The van der Waals surface area contributed by atoms with E-state index in [1.54, 1.807) is 24.3 Å². The van der Waals surface area contributed by atoms with Crippen LogP contribution in [0.5, 0.6) is 11.5 Å². The highest BCUT2D eigenvalue weighted by molar-refractivity contribution is 7.91. The van der Waals surface area contributed by atoms with Gasteiger partial charge in [-0.25, -0.2) is 8.42 Å². The number of nitrogens with zero attached hydrogens (tertiary/aromatic N) is 1. The monoisotopic (exact) mass is 823 g/mol. The molecule has 0 bridgehead atoms. The number of sulfone groups is 1. The topological polar surface area (TPSA) is 141 Å². The van der Waals surface area contributed by atoms with E-state index in [0.29, 0.717) is 29.9 Å². The molecule has 2 N–H and O–H groups in total. The van der Waals surface area contributed by atoms with Gasteiger partial charge in [0.15, 0.2) is 0 Å². The number of hydrogen-bond acceptors (Lipinski definition) is 9. The van der Waals surface area contributed by atoms with Crippen LogP contribution in [0, 0.1) is 0 Å². The largest absolute Gasteiger partial charge is 0.489 e. The van der Waals surface area contributed by atoms with Crippen molar-refractivity contribution >= 4 is 66.3 Å². The smallest absolute Gasteiger partial charge is 0.273 e. The van der Waals surface area contributed by atoms with E-state index in [4.69, 9.17) is 21.1 Å². The van der Waals surface area contributed by atoms with E-state index in [-0.39, 0.29) is 37.9 Å². The molecule has 1 atom stereocenters. The molecule has 1 heterocycles. The average Bonchev–Trinajstić information content (AvgIpc) is 3.67. The number of unbranched alkanes of at least 4 members (excludes halogenated alkanes) is 5. The fraction of sp³-hybridized carbons (Fsp3) is 0.227. The zero-order valence-corrected chi connectivity index (χ0v) is 33.7. The summed E-state index contributed by atoms with van der Waals surface area (Å²) in [6.45, 7) is 3.05. The van der Waals surface area contributed by atoms with Gasteiger partial charge in [-0.2, -0.15) is 4.37 Å². The summed E-state index contributed by atoms with van der Waals surface area (Å²) >= 11 is 7.65. The van der Waals surface area contributed by atoms with Crippen LogP contribution in [0.1, 0.15) is 71.9 Å². The van der Waals surface area contributed by atoms with Gasteiger partial charge in [0, 0.05) is 17.5 Å². The minimum Gasteiger partial charge on any atom is -0.489 e. The molecule has 0 radical (unpaired) electrons. The van der Waals surface area contributed by atoms with Crippen molar-refractivity contribution in [2.24, 2.45) is 0 Å². The number of hydrogen-bond donors (Lipinski definition) is 2. The van der Waals surface area contributed by atoms with Crippen molar-refractivity contribution in [1.29, 1.82) is 0 Å². The van der Waals surface area contributed by atoms with Crippen LogP contribution in [-0.4, -0.2) is 43.0 Å². The molecule has 0 aliphatic carbocycles. The van der Waals surface area contributed by atoms with E-state index >= 15 is 0 Å². The molecule has 0 aliphatic heterocycles. The van der Waals surface area contributed by atoms with Gasteiger partial charge in [0.2, 0.25) is 21.7 Å². The molecule has 6 rings (SSSR count). The molecule has 0 saturated heterocycles. The maximum Gasteiger partial charge on any atom is 0.273 e. The standard InChI is InChI=1S/C44H42ClN3O7S2/c1-2-3-4-5-6-12-27-46-43(50)31-17-26-38(37(45)28-31)47-44(51)42(41(49)40-36-15-10-11-16-39(36)56-48-40)55-33-20-24-35(25-21-33)57(52,53)34-22-18-32(19-23-34)54-29-30-13-8-7-9-14-30/h7-11,13-26,28,42H,2-6,12,27,29H2,1H3,(H,46,50)(H,47,51). The van der Waals surface area contributed by atoms with Crippen molar-refractivity contribution in [3.63, 3.8) is 0 Å². The predicted molar refractivity (Wildman–Crippen MR) is 223 cm³/mol. The fourth-order valence-electron chi connectivity index (χ4n) is 6.00. The number of anilines is 1. The van der Waals surface area contributed by atoms with Gasteiger partial charge in [-0.3, -0.25) is 14.4 Å². The normalized spacial score (nSPS) is 11.8. The molecule has 294 valence electrons. The summed E-state index contributed by atoms with van der Waals surface area (Å²) in [6, 6.07) is 32.8. The Hall–Kier alpha value is -5.56. The van der Waals surface area contributed by atoms with Gasteiger partial charge in [0.05, 0.1) is 25.2 Å². The van der Waals surface area contributed by atoms with E-state index in [9.17, 15) is 22.8 Å². The number of nitrogens with one attached hydrogen (secondary N) is 2. The number of aromatic nitrogens is 1. The molecule has 0 fully saturated rings. The third-order valence-electron chi connectivity index (χ3n) is 9.16. The van der Waals surface area contributed by atoms with Crippen LogP contribution in [0.25, 0.3) is 10.1 Å². The first-order chi connectivity index (χ1) is 27.6. The lowest BCUT2D eigenvalue weighted by molar-refractivity contribution is -0.120. The Morgan fingerprint density at radius 2 is 1.42 bits per heavy atom. The van der Waals surface area contributed by atoms with Crippen LogP contribution in [0.3, 0.4) is 0 Å². The molecule has 10 nitrogen and oxygen atoms in total. The summed E-state index contributed by atoms with van der Waals surface area (Å²) in [5.41, 5.74) is 1.52. The number of fused-ring (bicyclic) bond motifs is 1. The number of halogens is 1. The van der Waals surface area contributed by atoms with Crippen LogP contribution >= 0.6 is 23.1 Å². The van der Waals surface area contributed by atoms with Gasteiger partial charge in [0.25, 0.3) is 11.8 Å². The Bertz CT molecular complexity index is 2420. The first-order valence-corrected chi connectivity index (χ1v) is 21.3. The highest BCUT2D eigenvalue weighted by Crippen LogP contribution is 2.29. The van der Waals surface area contributed by atoms with Crippen LogP contribution < -0.4 is 20.1 Å². The summed E-state index contributed by atoms with van der Waals surface area (Å²) in [6.07, 6.45) is 4.87. The lowest BCUT2D eigenvalue weighted by atomic mass is 10.1. The Morgan fingerprint density at radius 3 is 2.12 bits per heavy atom. The quantitative estimate of drug-likeness (QED) is 0.0468. The summed E-state index contributed by atoms with van der Waals surface area (Å²) in [4.78, 5) is 40.7. The molecule has 0 aliphatic rings. The Balaban J connectivity index is 1.15. The first kappa shape index (κ1) is 41.1. The van der Waals surface area contributed by atoms with Gasteiger partial charge < -0.3 is 20.1 Å². The maximum absolute atomic E-state index is 14.0. The minimum absolute atomic E-state index is 0.0199. The number of Topliss-reactive ketones (excluding diaryl/α,β-unsaturated/α-hetero) is 1. The minimum atomic E-state index is -3.94. The maximum atomic E-state index is 14.0. The molecular formula is C44H42ClN3O7S2. The van der Waals surface area contributed by atoms with Crippen molar-refractivity contribution in [3.05, 3.63) is 143 Å². The molecule has 0 spiro atoms. The van der Waals surface area contributed by atoms with E-state index in [1.165, 1.54) is 73.9 Å². The molecule has 1 aromatic heterocycles. The first-order valence-electron chi connectivity index (χ1n) is 18.7. The number of carbonyl (C=O) groups is 3. The second kappa shape index (κ2) is 19.5. The van der Waals surface area contributed by atoms with Gasteiger partial charge in [-0.15, -0.1) is 0 Å². The summed E-state index contributed by atoms with van der Waals surface area (Å²) in [5, 5.41) is 6.21. The molecule has 6 aromatic rings. The highest BCUT2D eigenvalue weighted by Gasteiger charge is 2.33. The van der Waals surface area contributed by atoms with Crippen molar-refractivity contribution in [2.75, 3.05) is 11.9 Å². The molecule has 1 unspecified atom stereocenters. The Labute approximate surface area is 341 Å².